The third-order valence-corrected chi connectivity index (χ3v) is 11.2. The Morgan fingerprint density at radius 2 is 1.85 bits per heavy atom. The number of aliphatic carboxylic acids is 1. The molecule has 0 bridgehead atoms. The van der Waals surface area contributed by atoms with Crippen molar-refractivity contribution in [2.45, 2.75) is 83.1 Å². The van der Waals surface area contributed by atoms with Crippen molar-refractivity contribution in [2.75, 3.05) is 5.75 Å². The van der Waals surface area contributed by atoms with Crippen LogP contribution in [0.25, 0.3) is 0 Å². The molecule has 1 saturated heterocycles. The molecule has 1 amide bonds. The molecule has 1 aliphatic carbocycles. The van der Waals surface area contributed by atoms with Gasteiger partial charge in [-0.1, -0.05) is 54.4 Å². The Kier molecular flexibility index (Phi) is 7.96. The van der Waals surface area contributed by atoms with Crippen molar-refractivity contribution in [3.05, 3.63) is 70.0 Å². The molecule has 1 saturated carbocycles. The number of aryl methyl sites for hydroxylation is 1. The number of halogens is 2. The lowest BCUT2D eigenvalue weighted by atomic mass is 9.67. The lowest BCUT2D eigenvalue weighted by Gasteiger charge is -2.52. The number of likely N-dealkylation sites (tertiary alicyclic amines) is 1. The normalized spacial score (nSPS) is 25.0. The lowest BCUT2D eigenvalue weighted by molar-refractivity contribution is -0.160. The van der Waals surface area contributed by atoms with E-state index in [0.717, 1.165) is 24.0 Å². The number of amides is 1. The predicted molar refractivity (Wildman–Crippen MR) is 150 cm³/mol. The number of carbonyl (C=O) groups is 2. The average Bonchev–Trinajstić information content (AvgIpc) is 3.65. The van der Waals surface area contributed by atoms with E-state index in [9.17, 15) is 27.5 Å². The maximum absolute atomic E-state index is 14.9. The molecule has 6 nitrogen and oxygen atoms in total. The number of sulfone groups is 1. The number of carboxylic acids is 1. The second-order valence-corrected chi connectivity index (χ2v) is 15.7. The van der Waals surface area contributed by atoms with Crippen LogP contribution in [0.5, 0.6) is 0 Å². The first-order chi connectivity index (χ1) is 18.0. The van der Waals surface area contributed by atoms with Crippen LogP contribution in [0.3, 0.4) is 0 Å². The lowest BCUT2D eigenvalue weighted by Crippen LogP contribution is -2.58. The first-order valence-electron chi connectivity index (χ1n) is 13.3. The highest BCUT2D eigenvalue weighted by Gasteiger charge is 2.55. The van der Waals surface area contributed by atoms with E-state index in [1.165, 1.54) is 12.1 Å². The average molecular weight is 578 g/mol. The summed E-state index contributed by atoms with van der Waals surface area (Å²) in [6, 6.07) is 10.9. The van der Waals surface area contributed by atoms with Gasteiger partial charge >= 0.3 is 5.97 Å². The van der Waals surface area contributed by atoms with Crippen molar-refractivity contribution in [3.8, 4) is 0 Å². The molecule has 2 aromatic rings. The molecule has 1 heterocycles. The van der Waals surface area contributed by atoms with Gasteiger partial charge in [0.2, 0.25) is 5.91 Å². The van der Waals surface area contributed by atoms with Gasteiger partial charge in [0.05, 0.1) is 33.4 Å². The highest BCUT2D eigenvalue weighted by Crippen LogP contribution is 2.54. The molecule has 1 N–H and O–H groups in total. The van der Waals surface area contributed by atoms with E-state index in [2.05, 4.69) is 0 Å². The van der Waals surface area contributed by atoms with E-state index >= 15 is 0 Å². The van der Waals surface area contributed by atoms with E-state index in [-0.39, 0.29) is 23.1 Å². The Morgan fingerprint density at radius 1 is 1.18 bits per heavy atom. The molecule has 39 heavy (non-hydrogen) atoms. The Hall–Kier alpha value is -2.45. The molecule has 212 valence electrons. The van der Waals surface area contributed by atoms with Crippen LogP contribution in [0.15, 0.2) is 42.5 Å². The second-order valence-electron chi connectivity index (χ2n) is 12.5. The summed E-state index contributed by atoms with van der Waals surface area (Å²) in [6.45, 7) is 8.52. The van der Waals surface area contributed by atoms with Crippen LogP contribution in [-0.2, 0) is 19.4 Å². The summed E-state index contributed by atoms with van der Waals surface area (Å²) in [7, 11) is -3.65. The number of carboxylic acid groups (broad SMARTS) is 1. The molecular weight excluding hydrogens is 541 g/mol. The summed E-state index contributed by atoms with van der Waals surface area (Å²) in [6.07, 6.45) is 1.35. The van der Waals surface area contributed by atoms with Crippen molar-refractivity contribution >= 4 is 33.3 Å². The molecular formula is C30H37ClFNO5S. The second kappa shape index (κ2) is 10.5. The fourth-order valence-electron chi connectivity index (χ4n) is 5.84. The van der Waals surface area contributed by atoms with Crippen molar-refractivity contribution < 1.29 is 27.5 Å². The minimum atomic E-state index is -3.65. The number of carbonyl (C=O) groups excluding carboxylic acids is 1. The summed E-state index contributed by atoms with van der Waals surface area (Å²) in [5, 5.41) is 9.76. The molecule has 2 aromatic carbocycles. The SMILES string of the molecule is Cc1cccc([C@H]2C[C@](C)(CC(=O)O)C(=O)N([C@H](CS(=O)(=O)C(C)(C)C)C3CC3)[C@@H]2c2ccc(Cl)c(F)c2)c1. The quantitative estimate of drug-likeness (QED) is 0.396. The van der Waals surface area contributed by atoms with Gasteiger partial charge in [-0.25, -0.2) is 12.8 Å². The molecule has 4 rings (SSSR count). The standard InChI is InChI=1S/C30H37ClFNO5S/c1-18-7-6-8-20(13-18)22-15-30(5,16-26(34)35)28(36)33(27(22)21-11-12-23(31)24(32)14-21)25(19-9-10-19)17-39(37,38)29(2,3)4/h6-8,11-14,19,22,25,27H,9-10,15-17H2,1-5H3,(H,34,35)/t22-,25-,27-,30-/m1/s1. The van der Waals surface area contributed by atoms with Crippen LogP contribution < -0.4 is 0 Å². The van der Waals surface area contributed by atoms with Crippen molar-refractivity contribution in [3.63, 3.8) is 0 Å². The number of benzene rings is 2. The zero-order valence-electron chi connectivity index (χ0n) is 23.1. The van der Waals surface area contributed by atoms with Gasteiger partial charge in [0.1, 0.15) is 5.82 Å². The smallest absolute Gasteiger partial charge is 0.304 e. The van der Waals surface area contributed by atoms with Gasteiger partial charge in [-0.15, -0.1) is 0 Å². The van der Waals surface area contributed by atoms with Crippen LogP contribution >= 0.6 is 11.6 Å². The minimum absolute atomic E-state index is 0.0453. The zero-order valence-corrected chi connectivity index (χ0v) is 24.7. The van der Waals surface area contributed by atoms with E-state index in [1.807, 2.05) is 31.2 Å². The van der Waals surface area contributed by atoms with E-state index in [1.54, 1.807) is 38.7 Å². The van der Waals surface area contributed by atoms with Gasteiger partial charge in [0, 0.05) is 12.0 Å². The van der Waals surface area contributed by atoms with Gasteiger partial charge < -0.3 is 10.0 Å². The van der Waals surface area contributed by atoms with Crippen molar-refractivity contribution in [1.82, 2.24) is 4.90 Å². The highest BCUT2D eigenvalue weighted by molar-refractivity contribution is 7.92. The van der Waals surface area contributed by atoms with Crippen LogP contribution in [0.4, 0.5) is 4.39 Å². The number of hydrogen-bond acceptors (Lipinski definition) is 4. The number of nitrogens with zero attached hydrogens (tertiary/aromatic N) is 1. The van der Waals surface area contributed by atoms with Crippen molar-refractivity contribution in [2.24, 2.45) is 11.3 Å². The molecule has 2 fully saturated rings. The maximum atomic E-state index is 14.9. The van der Waals surface area contributed by atoms with E-state index < -0.39 is 62.1 Å². The summed E-state index contributed by atoms with van der Waals surface area (Å²) in [5.74, 6) is -2.83. The molecule has 2 aliphatic rings. The summed E-state index contributed by atoms with van der Waals surface area (Å²) in [4.78, 5) is 28.0. The number of hydrogen-bond donors (Lipinski definition) is 1. The van der Waals surface area contributed by atoms with Crippen LogP contribution in [0.1, 0.15) is 82.0 Å². The summed E-state index contributed by atoms with van der Waals surface area (Å²) in [5.41, 5.74) is 1.11. The molecule has 9 heteroatoms. The Balaban J connectivity index is 1.97. The predicted octanol–water partition coefficient (Wildman–Crippen LogP) is 6.32. The third-order valence-electron chi connectivity index (χ3n) is 8.25. The monoisotopic (exact) mass is 577 g/mol. The van der Waals surface area contributed by atoms with Crippen LogP contribution in [0.2, 0.25) is 5.02 Å². The number of piperidine rings is 1. The van der Waals surface area contributed by atoms with E-state index in [0.29, 0.717) is 5.56 Å². The van der Waals surface area contributed by atoms with E-state index in [4.69, 9.17) is 11.6 Å². The zero-order chi connectivity index (χ0) is 28.9. The topological polar surface area (TPSA) is 91.8 Å². The van der Waals surface area contributed by atoms with Gasteiger partial charge in [0.15, 0.2) is 9.84 Å². The maximum Gasteiger partial charge on any atom is 0.304 e. The Morgan fingerprint density at radius 3 is 2.38 bits per heavy atom. The fraction of sp³-hybridized carbons (Fsp3) is 0.533. The largest absolute Gasteiger partial charge is 0.481 e. The molecule has 0 unspecified atom stereocenters. The third kappa shape index (κ3) is 6.02. The van der Waals surface area contributed by atoms with Gasteiger partial charge in [-0.2, -0.15) is 0 Å². The first-order valence-corrected chi connectivity index (χ1v) is 15.4. The van der Waals surface area contributed by atoms with Crippen LogP contribution in [-0.4, -0.2) is 46.8 Å². The Labute approximate surface area is 235 Å². The first kappa shape index (κ1) is 29.5. The number of rotatable bonds is 8. The summed E-state index contributed by atoms with van der Waals surface area (Å²) < 4.78 is 40.8. The Bertz CT molecular complexity index is 1380. The van der Waals surface area contributed by atoms with Crippen molar-refractivity contribution in [1.29, 1.82) is 0 Å². The van der Waals surface area contributed by atoms with Crippen LogP contribution in [0, 0.1) is 24.1 Å². The molecule has 4 atom stereocenters. The van der Waals surface area contributed by atoms with Gasteiger partial charge in [-0.3, -0.25) is 9.59 Å². The van der Waals surface area contributed by atoms with Gasteiger partial charge in [-0.05, 0) is 76.1 Å². The molecule has 1 aliphatic heterocycles. The molecule has 0 aromatic heterocycles. The fourth-order valence-corrected chi connectivity index (χ4v) is 7.34. The molecule has 0 radical (unpaired) electrons. The molecule has 0 spiro atoms. The summed E-state index contributed by atoms with van der Waals surface area (Å²) >= 11 is 6.02. The minimum Gasteiger partial charge on any atom is -0.481 e. The van der Waals surface area contributed by atoms with Gasteiger partial charge in [0.25, 0.3) is 0 Å². The highest BCUT2D eigenvalue weighted by atomic mass is 35.5.